The van der Waals surface area contributed by atoms with Crippen molar-refractivity contribution in [1.82, 2.24) is 5.32 Å². The second kappa shape index (κ2) is 8.78. The van der Waals surface area contributed by atoms with Gasteiger partial charge in [-0.3, -0.25) is 0 Å². The van der Waals surface area contributed by atoms with Crippen LogP contribution in [0.3, 0.4) is 0 Å². The Balaban J connectivity index is 1.82. The number of hydrogen-bond acceptors (Lipinski definition) is 2. The maximum Gasteiger partial charge on any atom is 0.133 e. The maximum absolute atomic E-state index is 6.16. The lowest BCUT2D eigenvalue weighted by molar-refractivity contribution is 0.338. The van der Waals surface area contributed by atoms with Gasteiger partial charge in [0.25, 0.3) is 0 Å². The van der Waals surface area contributed by atoms with Crippen LogP contribution >= 0.6 is 39.1 Å². The van der Waals surface area contributed by atoms with E-state index in [1.54, 1.807) is 6.07 Å². The molecule has 0 aliphatic carbocycles. The van der Waals surface area contributed by atoms with E-state index in [1.807, 2.05) is 25.1 Å². The first kappa shape index (κ1) is 17.6. The highest BCUT2D eigenvalue weighted by Gasteiger charge is 2.03. The van der Waals surface area contributed by atoms with Gasteiger partial charge in [0, 0.05) is 16.6 Å². The van der Waals surface area contributed by atoms with Crippen LogP contribution in [0.5, 0.6) is 5.75 Å². The molecule has 0 aliphatic rings. The molecule has 2 nitrogen and oxygen atoms in total. The van der Waals surface area contributed by atoms with Crippen LogP contribution in [0.4, 0.5) is 0 Å². The van der Waals surface area contributed by atoms with Gasteiger partial charge in [0.05, 0.1) is 11.1 Å². The van der Waals surface area contributed by atoms with E-state index in [0.717, 1.165) is 40.3 Å². The fourth-order valence-electron chi connectivity index (χ4n) is 2.11. The number of hydrogen-bond donors (Lipinski definition) is 1. The van der Waals surface area contributed by atoms with Gasteiger partial charge in [-0.25, -0.2) is 0 Å². The van der Waals surface area contributed by atoms with Gasteiger partial charge >= 0.3 is 0 Å². The van der Waals surface area contributed by atoms with Gasteiger partial charge in [0.1, 0.15) is 5.75 Å². The van der Waals surface area contributed by atoms with Crippen LogP contribution in [-0.2, 0) is 13.0 Å². The van der Waals surface area contributed by atoms with Crippen LogP contribution in [0.25, 0.3) is 0 Å². The molecule has 1 N–H and O–H groups in total. The molecule has 2 aromatic carbocycles. The highest BCUT2D eigenvalue weighted by Crippen LogP contribution is 2.26. The second-order valence-electron chi connectivity index (χ2n) is 4.86. The van der Waals surface area contributed by atoms with Crippen molar-refractivity contribution in [2.45, 2.75) is 19.9 Å². The van der Waals surface area contributed by atoms with E-state index >= 15 is 0 Å². The van der Waals surface area contributed by atoms with Crippen molar-refractivity contribution in [2.75, 3.05) is 13.2 Å². The zero-order valence-electron chi connectivity index (χ0n) is 12.3. The van der Waals surface area contributed by atoms with Crippen LogP contribution < -0.4 is 10.1 Å². The van der Waals surface area contributed by atoms with Gasteiger partial charge < -0.3 is 10.1 Å². The maximum atomic E-state index is 6.16. The number of ether oxygens (including phenoxy) is 1. The minimum Gasteiger partial charge on any atom is -0.493 e. The molecule has 0 saturated heterocycles. The van der Waals surface area contributed by atoms with Gasteiger partial charge in [0.2, 0.25) is 0 Å². The Bertz CT molecular complexity index is 634. The molecule has 2 rings (SSSR count). The Morgan fingerprint density at radius 3 is 2.64 bits per heavy atom. The van der Waals surface area contributed by atoms with E-state index < -0.39 is 0 Å². The van der Waals surface area contributed by atoms with E-state index in [4.69, 9.17) is 27.9 Å². The molecule has 0 unspecified atom stereocenters. The van der Waals surface area contributed by atoms with Crippen molar-refractivity contribution >= 4 is 39.1 Å². The predicted octanol–water partition coefficient (Wildman–Crippen LogP) is 5.49. The normalized spacial score (nSPS) is 10.7. The van der Waals surface area contributed by atoms with Gasteiger partial charge in [-0.1, -0.05) is 35.3 Å². The Labute approximate surface area is 149 Å². The third kappa shape index (κ3) is 5.17. The lowest BCUT2D eigenvalue weighted by Crippen LogP contribution is -2.16. The fourth-order valence-corrected chi connectivity index (χ4v) is 3.15. The van der Waals surface area contributed by atoms with Crippen LogP contribution in [0, 0.1) is 0 Å². The molecule has 0 heterocycles. The Morgan fingerprint density at radius 2 is 1.95 bits per heavy atom. The van der Waals surface area contributed by atoms with Crippen LogP contribution in [0.15, 0.2) is 40.9 Å². The third-order valence-electron chi connectivity index (χ3n) is 3.21. The molecule has 0 aromatic heterocycles. The number of rotatable bonds is 7. The summed E-state index contributed by atoms with van der Waals surface area (Å²) >= 11 is 15.6. The molecule has 0 saturated carbocycles. The fraction of sp³-hybridized carbons (Fsp3) is 0.294. The highest BCUT2D eigenvalue weighted by atomic mass is 79.9. The summed E-state index contributed by atoms with van der Waals surface area (Å²) < 4.78 is 6.49. The first-order valence-corrected chi connectivity index (χ1v) is 8.71. The minimum atomic E-state index is 0.665. The SMILES string of the molecule is CCOc1ccc(CNCCc2ccc(Cl)cc2Cl)cc1Br. The molecule has 0 aliphatic heterocycles. The van der Waals surface area contributed by atoms with Gasteiger partial charge in [-0.2, -0.15) is 0 Å². The first-order chi connectivity index (χ1) is 10.6. The summed E-state index contributed by atoms with van der Waals surface area (Å²) in [5, 5.41) is 4.81. The highest BCUT2D eigenvalue weighted by molar-refractivity contribution is 9.10. The quantitative estimate of drug-likeness (QED) is 0.618. The lowest BCUT2D eigenvalue weighted by Gasteiger charge is -2.10. The van der Waals surface area contributed by atoms with Gasteiger partial charge in [-0.15, -0.1) is 0 Å². The van der Waals surface area contributed by atoms with Crippen molar-refractivity contribution < 1.29 is 4.74 Å². The Hall–Kier alpha value is -0.740. The summed E-state index contributed by atoms with van der Waals surface area (Å²) in [6.07, 6.45) is 0.869. The molecule has 5 heteroatoms. The molecule has 0 radical (unpaired) electrons. The van der Waals surface area contributed by atoms with Crippen LogP contribution in [0.2, 0.25) is 10.0 Å². The molecule has 0 bridgehead atoms. The van der Waals surface area contributed by atoms with Crippen molar-refractivity contribution in [1.29, 1.82) is 0 Å². The molecule has 0 atom stereocenters. The summed E-state index contributed by atoms with van der Waals surface area (Å²) in [5.41, 5.74) is 2.31. The molecular weight excluding hydrogens is 385 g/mol. The Morgan fingerprint density at radius 1 is 1.14 bits per heavy atom. The average molecular weight is 403 g/mol. The standard InChI is InChI=1S/C17H18BrCl2NO/c1-2-22-17-6-3-12(9-15(17)18)11-21-8-7-13-4-5-14(19)10-16(13)20/h3-6,9-10,21H,2,7-8,11H2,1H3. The lowest BCUT2D eigenvalue weighted by atomic mass is 10.1. The monoisotopic (exact) mass is 401 g/mol. The minimum absolute atomic E-state index is 0.665. The molecule has 22 heavy (non-hydrogen) atoms. The Kier molecular flexibility index (Phi) is 7.03. The van der Waals surface area contributed by atoms with E-state index in [0.29, 0.717) is 11.6 Å². The van der Waals surface area contributed by atoms with Crippen LogP contribution in [-0.4, -0.2) is 13.2 Å². The molecule has 0 amide bonds. The second-order valence-corrected chi connectivity index (χ2v) is 6.56. The van der Waals surface area contributed by atoms with Crippen molar-refractivity contribution in [3.8, 4) is 5.75 Å². The largest absolute Gasteiger partial charge is 0.493 e. The summed E-state index contributed by atoms with van der Waals surface area (Å²) in [6, 6.07) is 11.8. The number of nitrogens with one attached hydrogen (secondary N) is 1. The summed E-state index contributed by atoms with van der Waals surface area (Å²) in [4.78, 5) is 0. The van der Waals surface area contributed by atoms with E-state index in [-0.39, 0.29) is 0 Å². The summed E-state index contributed by atoms with van der Waals surface area (Å²) in [5.74, 6) is 0.874. The van der Waals surface area contributed by atoms with Crippen molar-refractivity contribution in [2.24, 2.45) is 0 Å². The van der Waals surface area contributed by atoms with Gasteiger partial charge in [-0.05, 0) is 71.2 Å². The molecule has 0 fully saturated rings. The van der Waals surface area contributed by atoms with Crippen molar-refractivity contribution in [3.05, 3.63) is 62.0 Å². The predicted molar refractivity (Wildman–Crippen MR) is 97.2 cm³/mol. The summed E-state index contributed by atoms with van der Waals surface area (Å²) in [6.45, 7) is 4.30. The molecular formula is C17H18BrCl2NO. The molecule has 2 aromatic rings. The number of benzene rings is 2. The first-order valence-electron chi connectivity index (χ1n) is 7.16. The zero-order chi connectivity index (χ0) is 15.9. The zero-order valence-corrected chi connectivity index (χ0v) is 15.4. The summed E-state index contributed by atoms with van der Waals surface area (Å²) in [7, 11) is 0. The molecule has 118 valence electrons. The number of halogens is 3. The van der Waals surface area contributed by atoms with Crippen LogP contribution in [0.1, 0.15) is 18.1 Å². The van der Waals surface area contributed by atoms with Gasteiger partial charge in [0.15, 0.2) is 0 Å². The average Bonchev–Trinajstić information content (AvgIpc) is 2.48. The van der Waals surface area contributed by atoms with E-state index in [2.05, 4.69) is 33.4 Å². The van der Waals surface area contributed by atoms with E-state index in [1.165, 1.54) is 5.56 Å². The smallest absolute Gasteiger partial charge is 0.133 e. The molecule has 0 spiro atoms. The third-order valence-corrected chi connectivity index (χ3v) is 4.42. The van der Waals surface area contributed by atoms with Crippen molar-refractivity contribution in [3.63, 3.8) is 0 Å². The topological polar surface area (TPSA) is 21.3 Å². The van der Waals surface area contributed by atoms with E-state index in [9.17, 15) is 0 Å².